The molecule has 0 amide bonds. The van der Waals surface area contributed by atoms with Crippen molar-refractivity contribution in [1.82, 2.24) is 0 Å². The van der Waals surface area contributed by atoms with Crippen LogP contribution in [0.25, 0.3) is 0 Å². The first-order valence-corrected chi connectivity index (χ1v) is 17.6. The van der Waals surface area contributed by atoms with Gasteiger partial charge in [0.15, 0.2) is 0 Å². The fourth-order valence-electron chi connectivity index (χ4n) is 6.42. The second-order valence-electron chi connectivity index (χ2n) is 13.1. The molecule has 0 radical (unpaired) electrons. The van der Waals surface area contributed by atoms with E-state index < -0.39 is 18.3 Å². The molecular weight excluding hydrogens is 532 g/mol. The Balaban J connectivity index is 1.41. The van der Waals surface area contributed by atoms with Gasteiger partial charge in [-0.25, -0.2) is 4.79 Å². The standard InChI is InChI=1S/C35H64O7/c1-3-4-5-6-7-8-9-10-11-15-21-31(38)33-23-24-34(42-33)32(39)22-17-16-19-29(36)18-13-12-14-20-30(37)26-28-25-27(2)41-35(28)40/h25,27,29-34,36-39H,3-24,26H2,1-2H3/t27-,29+,30-,31+,32+,33+,34+/m0/s1. The van der Waals surface area contributed by atoms with Crippen LogP contribution in [-0.4, -0.2) is 69.1 Å². The third-order valence-electron chi connectivity index (χ3n) is 9.11. The molecule has 2 heterocycles. The third-order valence-corrected chi connectivity index (χ3v) is 9.11. The molecule has 4 N–H and O–H groups in total. The van der Waals surface area contributed by atoms with Gasteiger partial charge in [0.25, 0.3) is 0 Å². The average Bonchev–Trinajstić information content (AvgIpc) is 3.58. The normalized spacial score (nSPS) is 23.5. The van der Waals surface area contributed by atoms with Gasteiger partial charge in [-0.2, -0.15) is 0 Å². The van der Waals surface area contributed by atoms with Crippen LogP contribution in [-0.2, 0) is 14.3 Å². The lowest BCUT2D eigenvalue weighted by Crippen LogP contribution is -2.31. The van der Waals surface area contributed by atoms with Gasteiger partial charge in [-0.1, -0.05) is 103 Å². The molecule has 2 rings (SSSR count). The molecule has 7 nitrogen and oxygen atoms in total. The van der Waals surface area contributed by atoms with Crippen LogP contribution < -0.4 is 0 Å². The monoisotopic (exact) mass is 596 g/mol. The molecule has 0 spiro atoms. The fourth-order valence-corrected chi connectivity index (χ4v) is 6.42. The smallest absolute Gasteiger partial charge is 0.334 e. The summed E-state index contributed by atoms with van der Waals surface area (Å²) in [6, 6.07) is 0. The topological polar surface area (TPSA) is 116 Å². The number of carbonyl (C=O) groups is 1. The van der Waals surface area contributed by atoms with Crippen LogP contribution in [0.2, 0.25) is 0 Å². The summed E-state index contributed by atoms with van der Waals surface area (Å²) in [5.41, 5.74) is 0.576. The number of unbranched alkanes of at least 4 members (excludes halogenated alkanes) is 12. The van der Waals surface area contributed by atoms with E-state index in [2.05, 4.69) is 6.92 Å². The van der Waals surface area contributed by atoms with E-state index in [-0.39, 0.29) is 30.4 Å². The number of carbonyl (C=O) groups excluding carboxylic acids is 1. The molecule has 42 heavy (non-hydrogen) atoms. The maximum atomic E-state index is 11.6. The molecule has 0 aromatic heterocycles. The van der Waals surface area contributed by atoms with Gasteiger partial charge in [-0.3, -0.25) is 0 Å². The maximum absolute atomic E-state index is 11.6. The predicted molar refractivity (Wildman–Crippen MR) is 168 cm³/mol. The van der Waals surface area contributed by atoms with Gasteiger partial charge in [0.05, 0.1) is 36.6 Å². The Morgan fingerprint density at radius 2 is 1.10 bits per heavy atom. The summed E-state index contributed by atoms with van der Waals surface area (Å²) < 4.78 is 11.1. The van der Waals surface area contributed by atoms with Crippen molar-refractivity contribution in [3.05, 3.63) is 11.6 Å². The summed E-state index contributed by atoms with van der Waals surface area (Å²) >= 11 is 0. The second-order valence-corrected chi connectivity index (χ2v) is 13.1. The van der Waals surface area contributed by atoms with Gasteiger partial charge in [0, 0.05) is 12.0 Å². The Kier molecular flexibility index (Phi) is 19.9. The second kappa shape index (κ2) is 22.5. The highest BCUT2D eigenvalue weighted by Crippen LogP contribution is 2.28. The highest BCUT2D eigenvalue weighted by Gasteiger charge is 2.34. The highest BCUT2D eigenvalue weighted by atomic mass is 16.5. The van der Waals surface area contributed by atoms with Gasteiger partial charge in [0.2, 0.25) is 0 Å². The molecule has 0 saturated carbocycles. The zero-order valence-electron chi connectivity index (χ0n) is 26.9. The van der Waals surface area contributed by atoms with Crippen molar-refractivity contribution < 1.29 is 34.7 Å². The van der Waals surface area contributed by atoms with E-state index in [4.69, 9.17) is 9.47 Å². The zero-order chi connectivity index (χ0) is 30.6. The molecule has 0 aliphatic carbocycles. The van der Waals surface area contributed by atoms with E-state index >= 15 is 0 Å². The number of aliphatic hydroxyl groups excluding tert-OH is 4. The quantitative estimate of drug-likeness (QED) is 0.0624. The number of aliphatic hydroxyl groups is 4. The van der Waals surface area contributed by atoms with Gasteiger partial charge in [0.1, 0.15) is 6.10 Å². The Labute approximate surface area is 256 Å². The van der Waals surface area contributed by atoms with Gasteiger partial charge < -0.3 is 29.9 Å². The predicted octanol–water partition coefficient (Wildman–Crippen LogP) is 7.06. The van der Waals surface area contributed by atoms with Crippen molar-refractivity contribution in [2.45, 2.75) is 204 Å². The number of cyclic esters (lactones) is 1. The molecule has 2 aliphatic rings. The van der Waals surface area contributed by atoms with E-state index in [9.17, 15) is 25.2 Å². The van der Waals surface area contributed by atoms with Crippen LogP contribution in [0.15, 0.2) is 11.6 Å². The SMILES string of the molecule is CCCCCCCCCCCC[C@@H](O)[C@H]1CC[C@H]([C@H](O)CCCC[C@H](O)CCCCC[C@H](O)CC2=C[C@H](C)OC2=O)O1. The van der Waals surface area contributed by atoms with E-state index in [1.807, 2.05) is 6.92 Å². The van der Waals surface area contributed by atoms with Crippen LogP contribution in [0, 0.1) is 0 Å². The summed E-state index contributed by atoms with van der Waals surface area (Å²) in [6.45, 7) is 4.07. The summed E-state index contributed by atoms with van der Waals surface area (Å²) in [7, 11) is 0. The average molecular weight is 597 g/mol. The number of hydrogen-bond donors (Lipinski definition) is 4. The van der Waals surface area contributed by atoms with E-state index in [0.717, 1.165) is 70.6 Å². The molecule has 7 atom stereocenters. The first kappa shape index (κ1) is 37.2. The largest absolute Gasteiger partial charge is 0.455 e. The highest BCUT2D eigenvalue weighted by molar-refractivity contribution is 5.90. The van der Waals surface area contributed by atoms with E-state index in [1.54, 1.807) is 6.08 Å². The van der Waals surface area contributed by atoms with Gasteiger partial charge in [-0.05, 0) is 57.9 Å². The molecule has 0 aromatic rings. The number of rotatable bonds is 26. The molecular formula is C35H64O7. The van der Waals surface area contributed by atoms with Gasteiger partial charge in [-0.15, -0.1) is 0 Å². The number of esters is 1. The molecule has 7 heteroatoms. The Bertz CT molecular complexity index is 726. The van der Waals surface area contributed by atoms with E-state index in [1.165, 1.54) is 57.8 Å². The molecule has 246 valence electrons. The fraction of sp³-hybridized carbons (Fsp3) is 0.914. The van der Waals surface area contributed by atoms with Crippen molar-refractivity contribution in [2.75, 3.05) is 0 Å². The van der Waals surface area contributed by atoms with Crippen molar-refractivity contribution in [3.8, 4) is 0 Å². The van der Waals surface area contributed by atoms with Crippen molar-refractivity contribution in [2.24, 2.45) is 0 Å². The molecule has 0 bridgehead atoms. The Hall–Kier alpha value is -0.990. The van der Waals surface area contributed by atoms with Crippen molar-refractivity contribution >= 4 is 5.97 Å². The Morgan fingerprint density at radius 3 is 1.62 bits per heavy atom. The number of ether oxygens (including phenoxy) is 2. The molecule has 0 aromatic carbocycles. The molecule has 1 saturated heterocycles. The molecule has 2 aliphatic heterocycles. The van der Waals surface area contributed by atoms with Crippen LogP contribution in [0.1, 0.15) is 162 Å². The summed E-state index contributed by atoms with van der Waals surface area (Å²) in [5, 5.41) is 41.7. The minimum atomic E-state index is -0.530. The van der Waals surface area contributed by atoms with Crippen molar-refractivity contribution in [1.29, 1.82) is 0 Å². The summed E-state index contributed by atoms with van der Waals surface area (Å²) in [6.07, 6.45) is 22.4. The minimum Gasteiger partial charge on any atom is -0.455 e. The van der Waals surface area contributed by atoms with Crippen LogP contribution >= 0.6 is 0 Å². The molecule has 0 unspecified atom stereocenters. The summed E-state index contributed by atoms with van der Waals surface area (Å²) in [5.74, 6) is -0.314. The van der Waals surface area contributed by atoms with Crippen molar-refractivity contribution in [3.63, 3.8) is 0 Å². The maximum Gasteiger partial charge on any atom is 0.334 e. The first-order valence-electron chi connectivity index (χ1n) is 17.6. The zero-order valence-corrected chi connectivity index (χ0v) is 26.9. The number of hydrogen-bond acceptors (Lipinski definition) is 7. The van der Waals surface area contributed by atoms with Gasteiger partial charge >= 0.3 is 5.97 Å². The van der Waals surface area contributed by atoms with Crippen LogP contribution in [0.5, 0.6) is 0 Å². The Morgan fingerprint density at radius 1 is 0.667 bits per heavy atom. The first-order chi connectivity index (χ1) is 20.3. The lowest BCUT2D eigenvalue weighted by Gasteiger charge is -2.22. The lowest BCUT2D eigenvalue weighted by atomic mass is 9.99. The lowest BCUT2D eigenvalue weighted by molar-refractivity contribution is -0.139. The third kappa shape index (κ3) is 16.2. The van der Waals surface area contributed by atoms with E-state index in [0.29, 0.717) is 24.8 Å². The minimum absolute atomic E-state index is 0.147. The summed E-state index contributed by atoms with van der Waals surface area (Å²) in [4.78, 5) is 11.6. The van der Waals surface area contributed by atoms with Crippen LogP contribution in [0.4, 0.5) is 0 Å². The van der Waals surface area contributed by atoms with Crippen LogP contribution in [0.3, 0.4) is 0 Å². The molecule has 1 fully saturated rings.